The highest BCUT2D eigenvalue weighted by atomic mass is 28.3. The Kier molecular flexibility index (Phi) is 9.44. The van der Waals surface area contributed by atoms with E-state index in [-0.39, 0.29) is 18.4 Å². The van der Waals surface area contributed by atoms with E-state index < -0.39 is 33.9 Å². The van der Waals surface area contributed by atoms with Gasteiger partial charge in [-0.15, -0.1) is 0 Å². The average molecular weight is 502 g/mol. The van der Waals surface area contributed by atoms with Crippen molar-refractivity contribution in [1.82, 2.24) is 4.90 Å². The number of halogens is 3. The molecule has 0 unspecified atom stereocenters. The van der Waals surface area contributed by atoms with Crippen LogP contribution in [0.4, 0.5) is 13.2 Å². The molecule has 1 fully saturated rings. The van der Waals surface area contributed by atoms with Crippen LogP contribution in [-0.4, -0.2) is 44.7 Å². The minimum absolute atomic E-state index is 0.0290. The first kappa shape index (κ1) is 28.1. The van der Waals surface area contributed by atoms with Gasteiger partial charge >= 0.3 is 12.1 Å². The van der Waals surface area contributed by atoms with Gasteiger partial charge in [-0.1, -0.05) is 63.5 Å². The molecule has 1 aliphatic rings. The van der Waals surface area contributed by atoms with Crippen LogP contribution in [0.15, 0.2) is 24.3 Å². The van der Waals surface area contributed by atoms with Crippen LogP contribution in [0, 0.1) is 5.92 Å². The summed E-state index contributed by atoms with van der Waals surface area (Å²) < 4.78 is 39.4. The summed E-state index contributed by atoms with van der Waals surface area (Å²) in [5.41, 5.74) is 0.244. The van der Waals surface area contributed by atoms with E-state index in [9.17, 15) is 23.1 Å². The lowest BCUT2D eigenvalue weighted by Crippen LogP contribution is -2.45. The highest BCUT2D eigenvalue weighted by Gasteiger charge is 2.36. The Bertz CT molecular complexity index is 752. The lowest BCUT2D eigenvalue weighted by atomic mass is 9.83. The number of benzene rings is 1. The molecule has 1 aromatic rings. The van der Waals surface area contributed by atoms with Crippen molar-refractivity contribution >= 4 is 22.1 Å². The summed E-state index contributed by atoms with van der Waals surface area (Å²) >= 11 is 0. The van der Waals surface area contributed by atoms with Gasteiger partial charge < -0.3 is 5.11 Å². The van der Waals surface area contributed by atoms with Crippen LogP contribution in [0.1, 0.15) is 49.3 Å². The maximum Gasteiger partial charge on any atom is 0.416 e. The SMILES string of the molecule is C[Si](C)(C)CCC(CC[Si](C)(C)C)N1CC[C@@H](CC(=O)O)C[C@H]1c1ccc(C(F)(F)F)cc1. The third-order valence-corrected chi connectivity index (χ3v) is 10.3. The number of piperidine rings is 1. The Morgan fingerprint density at radius 3 is 1.97 bits per heavy atom. The Morgan fingerprint density at radius 2 is 1.55 bits per heavy atom. The lowest BCUT2D eigenvalue weighted by Gasteiger charge is -2.45. The molecule has 33 heavy (non-hydrogen) atoms. The number of hydrogen-bond acceptors (Lipinski definition) is 2. The summed E-state index contributed by atoms with van der Waals surface area (Å²) in [5, 5.41) is 9.34. The zero-order valence-corrected chi connectivity index (χ0v) is 23.1. The number of carboxylic acids is 1. The quantitative estimate of drug-likeness (QED) is 0.333. The Hall–Kier alpha value is -1.13. The van der Waals surface area contributed by atoms with Crippen LogP contribution in [0.5, 0.6) is 0 Å². The van der Waals surface area contributed by atoms with E-state index in [1.165, 1.54) is 24.2 Å². The number of rotatable bonds is 10. The molecule has 0 aliphatic carbocycles. The molecule has 0 spiro atoms. The summed E-state index contributed by atoms with van der Waals surface area (Å²) in [6, 6.07) is 8.37. The van der Waals surface area contributed by atoms with Crippen molar-refractivity contribution in [2.75, 3.05) is 6.54 Å². The van der Waals surface area contributed by atoms with Crippen molar-refractivity contribution in [3.63, 3.8) is 0 Å². The van der Waals surface area contributed by atoms with E-state index in [1.807, 2.05) is 0 Å². The predicted octanol–water partition coefficient (Wildman–Crippen LogP) is 7.76. The van der Waals surface area contributed by atoms with Gasteiger partial charge in [0.15, 0.2) is 0 Å². The first-order chi connectivity index (χ1) is 15.0. The number of aliphatic carboxylic acids is 1. The standard InChI is InChI=1S/C25H42F3NO2Si2/c1-32(2,3)15-12-22(13-16-33(4,5)6)29-14-11-19(18-24(30)31)17-23(29)20-7-9-21(10-8-20)25(26,27)28/h7-10,19,22-23H,11-18H2,1-6H3,(H,30,31)/t19-,23+/m1/s1. The highest BCUT2D eigenvalue weighted by Crippen LogP contribution is 2.40. The fraction of sp³-hybridized carbons (Fsp3) is 0.720. The molecule has 0 aromatic heterocycles. The van der Waals surface area contributed by atoms with Gasteiger partial charge in [-0.25, -0.2) is 0 Å². The predicted molar refractivity (Wildman–Crippen MR) is 135 cm³/mol. The highest BCUT2D eigenvalue weighted by molar-refractivity contribution is 6.76. The molecule has 1 heterocycles. The molecule has 0 amide bonds. The van der Waals surface area contributed by atoms with Gasteiger partial charge in [0.25, 0.3) is 0 Å². The van der Waals surface area contributed by atoms with Crippen LogP contribution in [0.3, 0.4) is 0 Å². The summed E-state index contributed by atoms with van der Waals surface area (Å²) in [6.45, 7) is 15.1. The van der Waals surface area contributed by atoms with E-state index >= 15 is 0 Å². The Balaban J connectivity index is 2.35. The molecule has 188 valence electrons. The fourth-order valence-corrected chi connectivity index (χ4v) is 7.22. The molecule has 1 saturated heterocycles. The van der Waals surface area contributed by atoms with Crippen LogP contribution < -0.4 is 0 Å². The molecule has 3 nitrogen and oxygen atoms in total. The van der Waals surface area contributed by atoms with Crippen molar-refractivity contribution in [2.24, 2.45) is 5.92 Å². The summed E-state index contributed by atoms with van der Waals surface area (Å²) in [7, 11) is -2.48. The summed E-state index contributed by atoms with van der Waals surface area (Å²) in [5.74, 6) is -0.741. The van der Waals surface area contributed by atoms with Gasteiger partial charge in [0.1, 0.15) is 0 Å². The smallest absolute Gasteiger partial charge is 0.416 e. The van der Waals surface area contributed by atoms with Crippen LogP contribution in [0.25, 0.3) is 0 Å². The average Bonchev–Trinajstić information content (AvgIpc) is 2.66. The van der Waals surface area contributed by atoms with E-state index in [2.05, 4.69) is 44.2 Å². The normalized spacial score (nSPS) is 20.9. The fourth-order valence-electron chi connectivity index (χ4n) is 4.82. The number of likely N-dealkylation sites (tertiary alicyclic amines) is 1. The van der Waals surface area contributed by atoms with Crippen LogP contribution in [0.2, 0.25) is 51.4 Å². The topological polar surface area (TPSA) is 40.5 Å². The third-order valence-electron chi connectivity index (χ3n) is 6.76. The maximum atomic E-state index is 13.1. The third kappa shape index (κ3) is 9.57. The van der Waals surface area contributed by atoms with Gasteiger partial charge in [0.2, 0.25) is 0 Å². The van der Waals surface area contributed by atoms with Crippen molar-refractivity contribution in [2.45, 2.75) is 102 Å². The molecule has 1 aliphatic heterocycles. The largest absolute Gasteiger partial charge is 0.481 e. The second kappa shape index (κ2) is 11.1. The monoisotopic (exact) mass is 501 g/mol. The van der Waals surface area contributed by atoms with Crippen molar-refractivity contribution in [3.8, 4) is 0 Å². The number of hydrogen-bond donors (Lipinski definition) is 1. The molecule has 0 radical (unpaired) electrons. The van der Waals surface area contributed by atoms with Crippen molar-refractivity contribution < 1.29 is 23.1 Å². The zero-order valence-electron chi connectivity index (χ0n) is 21.1. The molecule has 8 heteroatoms. The van der Waals surface area contributed by atoms with Gasteiger partial charge in [-0.05, 0) is 55.8 Å². The second-order valence-corrected chi connectivity index (χ2v) is 23.5. The van der Waals surface area contributed by atoms with Gasteiger partial charge in [-0.2, -0.15) is 13.2 Å². The van der Waals surface area contributed by atoms with Crippen molar-refractivity contribution in [1.29, 1.82) is 0 Å². The molecule has 0 bridgehead atoms. The number of carboxylic acid groups (broad SMARTS) is 1. The van der Waals surface area contributed by atoms with E-state index in [0.717, 1.165) is 31.4 Å². The first-order valence-corrected chi connectivity index (χ1v) is 19.6. The maximum absolute atomic E-state index is 13.1. The van der Waals surface area contributed by atoms with Gasteiger partial charge in [0.05, 0.1) is 5.56 Å². The molecule has 2 atom stereocenters. The minimum Gasteiger partial charge on any atom is -0.481 e. The lowest BCUT2D eigenvalue weighted by molar-refractivity contribution is -0.139. The van der Waals surface area contributed by atoms with Crippen LogP contribution >= 0.6 is 0 Å². The molecule has 2 rings (SSSR count). The van der Waals surface area contributed by atoms with E-state index in [0.29, 0.717) is 12.5 Å². The van der Waals surface area contributed by atoms with Gasteiger partial charge in [-0.3, -0.25) is 9.69 Å². The first-order valence-electron chi connectivity index (χ1n) is 12.2. The van der Waals surface area contributed by atoms with Crippen LogP contribution in [-0.2, 0) is 11.0 Å². The summed E-state index contributed by atoms with van der Waals surface area (Å²) in [6.07, 6.45) is -0.483. The number of alkyl halides is 3. The molecule has 1 aromatic carbocycles. The number of nitrogens with zero attached hydrogens (tertiary/aromatic N) is 1. The second-order valence-electron chi connectivity index (χ2n) is 12.2. The summed E-state index contributed by atoms with van der Waals surface area (Å²) in [4.78, 5) is 13.9. The van der Waals surface area contributed by atoms with E-state index in [4.69, 9.17) is 0 Å². The Labute approximate surface area is 199 Å². The number of carbonyl (C=O) groups is 1. The molecular weight excluding hydrogens is 459 g/mol. The molecule has 0 saturated carbocycles. The van der Waals surface area contributed by atoms with Gasteiger partial charge in [0, 0.05) is 34.7 Å². The Morgan fingerprint density at radius 1 is 1.03 bits per heavy atom. The molecule has 1 N–H and O–H groups in total. The minimum atomic E-state index is -4.35. The molecular formula is C25H42F3NO2Si2. The van der Waals surface area contributed by atoms with E-state index in [1.54, 1.807) is 12.1 Å². The van der Waals surface area contributed by atoms with Crippen molar-refractivity contribution in [3.05, 3.63) is 35.4 Å². The zero-order chi connectivity index (χ0) is 25.0.